The Balaban J connectivity index is 3.45. The summed E-state index contributed by atoms with van der Waals surface area (Å²) in [6, 6.07) is 3.29. The molecule has 0 aliphatic rings. The third kappa shape index (κ3) is 1.19. The van der Waals surface area contributed by atoms with E-state index in [4.69, 9.17) is 5.73 Å². The van der Waals surface area contributed by atoms with Crippen LogP contribution in [0.1, 0.15) is 11.1 Å². The first-order valence-electron chi connectivity index (χ1n) is 3.57. The molecule has 0 aliphatic heterocycles. The van der Waals surface area contributed by atoms with Crippen molar-refractivity contribution in [1.29, 1.82) is 0 Å². The van der Waals surface area contributed by atoms with E-state index < -0.39 is 0 Å². The Bertz CT molecular complexity index is 329. The molecule has 62 valence electrons. The zero-order chi connectivity index (χ0) is 9.14. The van der Waals surface area contributed by atoms with Crippen LogP contribution in [0, 0.1) is 0 Å². The zero-order valence-electron chi connectivity index (χ0n) is 6.75. The van der Waals surface area contributed by atoms with Crippen LogP contribution in [-0.2, 0) is 0 Å². The number of hydrogen-bond donors (Lipinski definition) is 2. The fraction of sp³-hybridized carbons (Fsp3) is 0. The SMILES string of the molecule is C=Cc1ccc(O)c(N)c1C=C. The van der Waals surface area contributed by atoms with Crippen LogP contribution >= 0.6 is 0 Å². The molecule has 0 aliphatic carbocycles. The molecule has 3 N–H and O–H groups in total. The lowest BCUT2D eigenvalue weighted by Gasteiger charge is -2.06. The quantitative estimate of drug-likeness (QED) is 0.516. The monoisotopic (exact) mass is 161 g/mol. The lowest BCUT2D eigenvalue weighted by molar-refractivity contribution is 0.478. The molecule has 0 fully saturated rings. The molecule has 0 bridgehead atoms. The van der Waals surface area contributed by atoms with Crippen molar-refractivity contribution in [3.8, 4) is 5.75 Å². The standard InChI is InChI=1S/C10H11NO/c1-3-7-5-6-9(12)10(11)8(7)4-2/h3-6,12H,1-2,11H2. The summed E-state index contributed by atoms with van der Waals surface area (Å²) in [5.41, 5.74) is 7.55. The van der Waals surface area contributed by atoms with E-state index in [2.05, 4.69) is 13.2 Å². The lowest BCUT2D eigenvalue weighted by atomic mass is 10.0. The minimum absolute atomic E-state index is 0.0792. The third-order valence-corrected chi connectivity index (χ3v) is 1.72. The van der Waals surface area contributed by atoms with Crippen LogP contribution in [0.5, 0.6) is 5.75 Å². The summed E-state index contributed by atoms with van der Waals surface area (Å²) in [5, 5.41) is 9.24. The van der Waals surface area contributed by atoms with Crippen molar-refractivity contribution < 1.29 is 5.11 Å². The van der Waals surface area contributed by atoms with Crippen LogP contribution in [0.15, 0.2) is 25.3 Å². The Kier molecular flexibility index (Phi) is 2.19. The van der Waals surface area contributed by atoms with Crippen LogP contribution in [0.4, 0.5) is 5.69 Å². The van der Waals surface area contributed by atoms with Gasteiger partial charge in [0.1, 0.15) is 5.75 Å². The summed E-state index contributed by atoms with van der Waals surface area (Å²) < 4.78 is 0. The number of aromatic hydroxyl groups is 1. The molecule has 1 rings (SSSR count). The molecule has 0 unspecified atom stereocenters. The second kappa shape index (κ2) is 3.13. The fourth-order valence-electron chi connectivity index (χ4n) is 1.05. The average Bonchev–Trinajstić information content (AvgIpc) is 2.09. The van der Waals surface area contributed by atoms with Gasteiger partial charge in [-0.1, -0.05) is 31.4 Å². The predicted octanol–water partition coefficient (Wildman–Crippen LogP) is 2.26. The highest BCUT2D eigenvalue weighted by Crippen LogP contribution is 2.28. The second-order valence-electron chi connectivity index (χ2n) is 2.41. The second-order valence-corrected chi connectivity index (χ2v) is 2.41. The molecule has 0 saturated heterocycles. The van der Waals surface area contributed by atoms with E-state index in [9.17, 15) is 5.11 Å². The summed E-state index contributed by atoms with van der Waals surface area (Å²) in [5.74, 6) is 0.0792. The Morgan fingerprint density at radius 3 is 2.42 bits per heavy atom. The van der Waals surface area contributed by atoms with Gasteiger partial charge in [0, 0.05) is 5.56 Å². The molecule has 2 heteroatoms. The number of anilines is 1. The molecule has 2 nitrogen and oxygen atoms in total. The van der Waals surface area contributed by atoms with E-state index in [-0.39, 0.29) is 5.75 Å². The molecule has 0 amide bonds. The molecule has 1 aromatic rings. The van der Waals surface area contributed by atoms with Gasteiger partial charge in [-0.15, -0.1) is 0 Å². The molecule has 0 saturated carbocycles. The van der Waals surface area contributed by atoms with E-state index in [0.717, 1.165) is 11.1 Å². The van der Waals surface area contributed by atoms with Crippen molar-refractivity contribution in [2.24, 2.45) is 0 Å². The Morgan fingerprint density at radius 2 is 1.92 bits per heavy atom. The van der Waals surface area contributed by atoms with Gasteiger partial charge in [0.25, 0.3) is 0 Å². The molecule has 0 heterocycles. The number of phenolic OH excluding ortho intramolecular Hbond substituents is 1. The summed E-state index contributed by atoms with van der Waals surface area (Å²) in [6.45, 7) is 7.23. The van der Waals surface area contributed by atoms with Crippen molar-refractivity contribution >= 4 is 17.8 Å². The fourth-order valence-corrected chi connectivity index (χ4v) is 1.05. The zero-order valence-corrected chi connectivity index (χ0v) is 6.75. The largest absolute Gasteiger partial charge is 0.506 e. The van der Waals surface area contributed by atoms with E-state index in [1.54, 1.807) is 24.3 Å². The van der Waals surface area contributed by atoms with E-state index in [0.29, 0.717) is 5.69 Å². The smallest absolute Gasteiger partial charge is 0.139 e. The van der Waals surface area contributed by atoms with Crippen molar-refractivity contribution in [3.05, 3.63) is 36.4 Å². The topological polar surface area (TPSA) is 46.2 Å². The average molecular weight is 161 g/mol. The summed E-state index contributed by atoms with van der Waals surface area (Å²) >= 11 is 0. The van der Waals surface area contributed by atoms with Gasteiger partial charge in [0.2, 0.25) is 0 Å². The molecular weight excluding hydrogens is 150 g/mol. The molecule has 0 radical (unpaired) electrons. The van der Waals surface area contributed by atoms with Gasteiger partial charge < -0.3 is 10.8 Å². The Hall–Kier alpha value is -1.70. The first kappa shape index (κ1) is 8.40. The van der Waals surface area contributed by atoms with Gasteiger partial charge in [-0.25, -0.2) is 0 Å². The van der Waals surface area contributed by atoms with Gasteiger partial charge >= 0.3 is 0 Å². The van der Waals surface area contributed by atoms with Crippen LogP contribution in [-0.4, -0.2) is 5.11 Å². The number of nitrogens with two attached hydrogens (primary N) is 1. The number of benzene rings is 1. The molecule has 0 spiro atoms. The molecular formula is C10H11NO. The van der Waals surface area contributed by atoms with E-state index in [1.165, 1.54) is 0 Å². The first-order chi connectivity index (χ1) is 5.70. The highest BCUT2D eigenvalue weighted by Gasteiger charge is 2.03. The maximum Gasteiger partial charge on any atom is 0.139 e. The maximum atomic E-state index is 9.24. The minimum Gasteiger partial charge on any atom is -0.506 e. The molecule has 12 heavy (non-hydrogen) atoms. The summed E-state index contributed by atoms with van der Waals surface area (Å²) in [4.78, 5) is 0. The van der Waals surface area contributed by atoms with Gasteiger partial charge in [-0.05, 0) is 11.6 Å². The normalized spacial score (nSPS) is 9.33. The van der Waals surface area contributed by atoms with Gasteiger partial charge in [0.05, 0.1) is 5.69 Å². The van der Waals surface area contributed by atoms with Crippen molar-refractivity contribution in [1.82, 2.24) is 0 Å². The van der Waals surface area contributed by atoms with Crippen molar-refractivity contribution in [2.75, 3.05) is 5.73 Å². The minimum atomic E-state index is 0.0792. The van der Waals surface area contributed by atoms with E-state index >= 15 is 0 Å². The summed E-state index contributed by atoms with van der Waals surface area (Å²) in [6.07, 6.45) is 3.28. The lowest BCUT2D eigenvalue weighted by Crippen LogP contribution is -1.92. The van der Waals surface area contributed by atoms with Crippen LogP contribution in [0.2, 0.25) is 0 Å². The van der Waals surface area contributed by atoms with E-state index in [1.807, 2.05) is 0 Å². The number of phenols is 1. The number of hydrogen-bond acceptors (Lipinski definition) is 2. The summed E-state index contributed by atoms with van der Waals surface area (Å²) in [7, 11) is 0. The molecule has 0 aromatic heterocycles. The highest BCUT2D eigenvalue weighted by molar-refractivity contribution is 5.77. The number of rotatable bonds is 2. The molecule has 0 atom stereocenters. The predicted molar refractivity (Wildman–Crippen MR) is 52.7 cm³/mol. The first-order valence-corrected chi connectivity index (χ1v) is 3.57. The Morgan fingerprint density at radius 1 is 1.25 bits per heavy atom. The van der Waals surface area contributed by atoms with Crippen molar-refractivity contribution in [2.45, 2.75) is 0 Å². The van der Waals surface area contributed by atoms with Crippen LogP contribution < -0.4 is 5.73 Å². The third-order valence-electron chi connectivity index (χ3n) is 1.72. The van der Waals surface area contributed by atoms with Gasteiger partial charge in [-0.3, -0.25) is 0 Å². The van der Waals surface area contributed by atoms with Gasteiger partial charge in [-0.2, -0.15) is 0 Å². The van der Waals surface area contributed by atoms with Crippen LogP contribution in [0.25, 0.3) is 12.2 Å². The highest BCUT2D eigenvalue weighted by atomic mass is 16.3. The number of nitrogen functional groups attached to an aromatic ring is 1. The maximum absolute atomic E-state index is 9.24. The molecule has 1 aromatic carbocycles. The van der Waals surface area contributed by atoms with Crippen molar-refractivity contribution in [3.63, 3.8) is 0 Å². The van der Waals surface area contributed by atoms with Gasteiger partial charge in [0.15, 0.2) is 0 Å². The van der Waals surface area contributed by atoms with Crippen LogP contribution in [0.3, 0.4) is 0 Å². The Labute approximate surface area is 71.6 Å².